The van der Waals surface area contributed by atoms with Crippen molar-refractivity contribution in [2.75, 3.05) is 0 Å². The number of rotatable bonds is 5. The third-order valence-corrected chi connectivity index (χ3v) is 4.85. The standard InChI is InChI=1S/C11H17Br2N/c1-9(5-4-8-14)6-7-10(12)11(2,3)13/h5,10H,4,6-7H2,1-3H3/t10-/m0/s1. The largest absolute Gasteiger partial charge is 0.198 e. The van der Waals surface area contributed by atoms with Gasteiger partial charge in [0.15, 0.2) is 0 Å². The van der Waals surface area contributed by atoms with Gasteiger partial charge in [0.25, 0.3) is 0 Å². The van der Waals surface area contributed by atoms with Gasteiger partial charge < -0.3 is 0 Å². The Hall–Kier alpha value is 0.190. The van der Waals surface area contributed by atoms with Gasteiger partial charge in [-0.15, -0.1) is 0 Å². The number of hydrogen-bond acceptors (Lipinski definition) is 1. The predicted molar refractivity (Wildman–Crippen MR) is 68.9 cm³/mol. The Morgan fingerprint density at radius 3 is 2.57 bits per heavy atom. The lowest BCUT2D eigenvalue weighted by atomic mass is 10.0. The minimum atomic E-state index is 0.127. The molecule has 0 aliphatic rings. The minimum Gasteiger partial charge on any atom is -0.198 e. The lowest BCUT2D eigenvalue weighted by molar-refractivity contribution is 0.637. The average molecular weight is 323 g/mol. The van der Waals surface area contributed by atoms with Gasteiger partial charge in [-0.3, -0.25) is 0 Å². The summed E-state index contributed by atoms with van der Waals surface area (Å²) in [6.07, 6.45) is 4.66. The van der Waals surface area contributed by atoms with Crippen LogP contribution in [0.15, 0.2) is 11.6 Å². The van der Waals surface area contributed by atoms with Crippen LogP contribution in [-0.2, 0) is 0 Å². The van der Waals surface area contributed by atoms with Crippen molar-refractivity contribution in [1.29, 1.82) is 5.26 Å². The summed E-state index contributed by atoms with van der Waals surface area (Å²) in [7, 11) is 0. The van der Waals surface area contributed by atoms with E-state index < -0.39 is 0 Å². The molecule has 0 aromatic rings. The highest BCUT2D eigenvalue weighted by Crippen LogP contribution is 2.31. The van der Waals surface area contributed by atoms with E-state index in [2.05, 4.69) is 58.7 Å². The molecule has 0 aliphatic carbocycles. The lowest BCUT2D eigenvalue weighted by Gasteiger charge is -2.23. The molecule has 1 nitrogen and oxygen atoms in total. The Labute approximate surface area is 104 Å². The van der Waals surface area contributed by atoms with Gasteiger partial charge in [-0.2, -0.15) is 5.26 Å². The van der Waals surface area contributed by atoms with Crippen molar-refractivity contribution in [3.8, 4) is 6.07 Å². The van der Waals surface area contributed by atoms with Gasteiger partial charge in [0, 0.05) is 9.15 Å². The second-order valence-corrected chi connectivity index (χ2v) is 7.13. The molecule has 0 heterocycles. The number of alkyl halides is 2. The highest BCUT2D eigenvalue weighted by molar-refractivity contribution is 9.12. The molecule has 0 saturated heterocycles. The van der Waals surface area contributed by atoms with Crippen LogP contribution in [0.5, 0.6) is 0 Å². The molecule has 80 valence electrons. The van der Waals surface area contributed by atoms with Gasteiger partial charge in [0.2, 0.25) is 0 Å². The first-order chi connectivity index (χ1) is 6.38. The van der Waals surface area contributed by atoms with Crippen molar-refractivity contribution in [2.45, 2.75) is 49.2 Å². The number of allylic oxidation sites excluding steroid dienone is 2. The second-order valence-electron chi connectivity index (χ2n) is 3.98. The highest BCUT2D eigenvalue weighted by Gasteiger charge is 2.23. The average Bonchev–Trinajstić information content (AvgIpc) is 2.09. The first-order valence-corrected chi connectivity index (χ1v) is 6.44. The number of nitriles is 1. The molecule has 0 amide bonds. The Kier molecular flexibility index (Phi) is 6.72. The summed E-state index contributed by atoms with van der Waals surface area (Å²) in [5.41, 5.74) is 1.30. The van der Waals surface area contributed by atoms with Gasteiger partial charge in [-0.25, -0.2) is 0 Å². The molecular formula is C11H17Br2N. The quantitative estimate of drug-likeness (QED) is 0.537. The summed E-state index contributed by atoms with van der Waals surface area (Å²) in [5.74, 6) is 0. The van der Waals surface area contributed by atoms with Crippen molar-refractivity contribution in [2.24, 2.45) is 0 Å². The van der Waals surface area contributed by atoms with E-state index in [0.717, 1.165) is 12.8 Å². The van der Waals surface area contributed by atoms with Crippen LogP contribution in [0.3, 0.4) is 0 Å². The van der Waals surface area contributed by atoms with Crippen LogP contribution in [0.1, 0.15) is 40.0 Å². The zero-order valence-electron chi connectivity index (χ0n) is 8.98. The fourth-order valence-corrected chi connectivity index (χ4v) is 1.48. The zero-order valence-corrected chi connectivity index (χ0v) is 12.2. The first-order valence-electron chi connectivity index (χ1n) is 4.73. The van der Waals surface area contributed by atoms with Crippen molar-refractivity contribution in [1.82, 2.24) is 0 Å². The summed E-state index contributed by atoms with van der Waals surface area (Å²) in [5, 5.41) is 8.41. The molecule has 0 aromatic carbocycles. The summed E-state index contributed by atoms with van der Waals surface area (Å²) in [6.45, 7) is 6.39. The molecule has 3 heteroatoms. The van der Waals surface area contributed by atoms with Crippen molar-refractivity contribution < 1.29 is 0 Å². The monoisotopic (exact) mass is 321 g/mol. The van der Waals surface area contributed by atoms with E-state index in [1.54, 1.807) is 0 Å². The summed E-state index contributed by atoms with van der Waals surface area (Å²) in [6, 6.07) is 2.12. The SMILES string of the molecule is CC(=CCC#N)CC[C@H](Br)C(C)(C)Br. The Morgan fingerprint density at radius 2 is 2.14 bits per heavy atom. The van der Waals surface area contributed by atoms with Crippen LogP contribution < -0.4 is 0 Å². The third-order valence-electron chi connectivity index (χ3n) is 2.08. The molecule has 14 heavy (non-hydrogen) atoms. The maximum Gasteiger partial charge on any atom is 0.0663 e. The fourth-order valence-electron chi connectivity index (χ4n) is 1.02. The Bertz CT molecular complexity index is 233. The maximum absolute atomic E-state index is 8.41. The summed E-state index contributed by atoms with van der Waals surface area (Å²) in [4.78, 5) is 0.459. The summed E-state index contributed by atoms with van der Waals surface area (Å²) >= 11 is 7.28. The third kappa shape index (κ3) is 6.62. The molecule has 0 rings (SSSR count). The van der Waals surface area contributed by atoms with Crippen molar-refractivity contribution >= 4 is 31.9 Å². The van der Waals surface area contributed by atoms with Crippen LogP contribution in [0.25, 0.3) is 0 Å². The van der Waals surface area contributed by atoms with Crippen LogP contribution in [-0.4, -0.2) is 9.15 Å². The van der Waals surface area contributed by atoms with Crippen molar-refractivity contribution in [3.63, 3.8) is 0 Å². The van der Waals surface area contributed by atoms with Gasteiger partial charge in [-0.05, 0) is 33.6 Å². The minimum absolute atomic E-state index is 0.127. The van der Waals surface area contributed by atoms with Crippen molar-refractivity contribution in [3.05, 3.63) is 11.6 Å². The molecule has 0 bridgehead atoms. The molecule has 0 fully saturated rings. The Morgan fingerprint density at radius 1 is 1.57 bits per heavy atom. The lowest BCUT2D eigenvalue weighted by Crippen LogP contribution is -2.23. The second kappa shape index (κ2) is 6.63. The molecule has 0 aliphatic heterocycles. The molecule has 0 saturated carbocycles. The first kappa shape index (κ1) is 14.2. The van der Waals surface area contributed by atoms with Crippen LogP contribution >= 0.6 is 31.9 Å². The molecule has 0 aromatic heterocycles. The van der Waals surface area contributed by atoms with E-state index in [-0.39, 0.29) is 4.32 Å². The van der Waals surface area contributed by atoms with Gasteiger partial charge >= 0.3 is 0 Å². The van der Waals surface area contributed by atoms with E-state index in [1.807, 2.05) is 6.08 Å². The smallest absolute Gasteiger partial charge is 0.0663 e. The fraction of sp³-hybridized carbons (Fsp3) is 0.727. The predicted octanol–water partition coefficient (Wildman–Crippen LogP) is 4.56. The van der Waals surface area contributed by atoms with Crippen LogP contribution in [0.2, 0.25) is 0 Å². The highest BCUT2D eigenvalue weighted by atomic mass is 79.9. The van der Waals surface area contributed by atoms with Gasteiger partial charge in [-0.1, -0.05) is 43.5 Å². The normalized spacial score (nSPS) is 15.0. The van der Waals surface area contributed by atoms with Crippen LogP contribution in [0, 0.1) is 11.3 Å². The van der Waals surface area contributed by atoms with E-state index in [0.29, 0.717) is 11.2 Å². The zero-order chi connectivity index (χ0) is 11.2. The molecule has 0 spiro atoms. The number of hydrogen-bond donors (Lipinski definition) is 0. The van der Waals surface area contributed by atoms with Gasteiger partial charge in [0.1, 0.15) is 0 Å². The molecular weight excluding hydrogens is 306 g/mol. The van der Waals surface area contributed by atoms with E-state index in [4.69, 9.17) is 5.26 Å². The molecule has 0 unspecified atom stereocenters. The maximum atomic E-state index is 8.41. The topological polar surface area (TPSA) is 23.8 Å². The van der Waals surface area contributed by atoms with E-state index >= 15 is 0 Å². The van der Waals surface area contributed by atoms with Crippen LogP contribution in [0.4, 0.5) is 0 Å². The summed E-state index contributed by atoms with van der Waals surface area (Å²) < 4.78 is 0.127. The van der Waals surface area contributed by atoms with E-state index in [9.17, 15) is 0 Å². The molecule has 0 N–H and O–H groups in total. The molecule has 1 atom stereocenters. The molecule has 0 radical (unpaired) electrons. The number of halogens is 2. The van der Waals surface area contributed by atoms with E-state index in [1.165, 1.54) is 5.57 Å². The number of nitrogens with zero attached hydrogens (tertiary/aromatic N) is 1. The Balaban J connectivity index is 3.90. The van der Waals surface area contributed by atoms with Gasteiger partial charge in [0.05, 0.1) is 12.5 Å².